The molecule has 9 nitrogen and oxygen atoms in total. The normalized spacial score (nSPS) is 18.0. The minimum Gasteiger partial charge on any atom is -0.361 e. The van der Waals surface area contributed by atoms with Crippen LogP contribution in [0.3, 0.4) is 0 Å². The van der Waals surface area contributed by atoms with Crippen LogP contribution in [0.2, 0.25) is 5.02 Å². The summed E-state index contributed by atoms with van der Waals surface area (Å²) in [5.41, 5.74) is 5.50. The third-order valence-corrected chi connectivity index (χ3v) is 10.9. The van der Waals surface area contributed by atoms with Crippen molar-refractivity contribution < 1.29 is 14.4 Å². The van der Waals surface area contributed by atoms with Gasteiger partial charge in [-0.1, -0.05) is 54.9 Å². The smallest absolute Gasteiger partial charge is 0.270 e. The van der Waals surface area contributed by atoms with Gasteiger partial charge in [-0.2, -0.15) is 0 Å². The van der Waals surface area contributed by atoms with Crippen molar-refractivity contribution in [1.82, 2.24) is 24.7 Å². The van der Waals surface area contributed by atoms with E-state index in [2.05, 4.69) is 21.3 Å². The average molecular weight is 693 g/mol. The quantitative estimate of drug-likeness (QED) is 0.202. The summed E-state index contributed by atoms with van der Waals surface area (Å²) in [6, 6.07) is 22.9. The fourth-order valence-corrected chi connectivity index (χ4v) is 8.25. The summed E-state index contributed by atoms with van der Waals surface area (Å²) >= 11 is 6.44. The Labute approximate surface area is 298 Å². The van der Waals surface area contributed by atoms with E-state index >= 15 is 0 Å². The summed E-state index contributed by atoms with van der Waals surface area (Å²) in [5, 5.41) is 5.95. The van der Waals surface area contributed by atoms with Crippen molar-refractivity contribution in [2.24, 2.45) is 18.9 Å². The van der Waals surface area contributed by atoms with Gasteiger partial charge in [-0.05, 0) is 86.8 Å². The van der Waals surface area contributed by atoms with Crippen molar-refractivity contribution in [2.45, 2.75) is 38.1 Å². The van der Waals surface area contributed by atoms with Gasteiger partial charge in [-0.15, -0.1) is 0 Å². The van der Waals surface area contributed by atoms with Gasteiger partial charge in [0.25, 0.3) is 5.91 Å². The molecule has 1 saturated heterocycles. The fourth-order valence-electron chi connectivity index (χ4n) is 8.05. The third kappa shape index (κ3) is 6.52. The van der Waals surface area contributed by atoms with E-state index < -0.39 is 6.04 Å². The van der Waals surface area contributed by atoms with Gasteiger partial charge in [0.15, 0.2) is 0 Å². The summed E-state index contributed by atoms with van der Waals surface area (Å²) in [7, 11) is 6.00. The molecule has 7 rings (SSSR count). The monoisotopic (exact) mass is 692 g/mol. The summed E-state index contributed by atoms with van der Waals surface area (Å²) in [6.07, 6.45) is 3.83. The molecule has 0 saturated carbocycles. The van der Waals surface area contributed by atoms with E-state index in [0.717, 1.165) is 51.6 Å². The SMILES string of the molecule is CC(c1c[nH]c2ccccc12)C(NC(=O)C1CCN(C(=O)c2cc3ccccc3n2C)CC1)C(=O)N1C[C@H](CN(C)C)Cc2cc(Cl)ccc21. The maximum atomic E-state index is 14.9. The molecule has 2 unspecified atom stereocenters. The molecule has 2 N–H and O–H groups in total. The molecule has 3 amide bonds. The number of benzene rings is 3. The van der Waals surface area contributed by atoms with E-state index in [-0.39, 0.29) is 35.5 Å². The van der Waals surface area contributed by atoms with E-state index in [1.807, 2.05) is 115 Å². The van der Waals surface area contributed by atoms with Gasteiger partial charge in [-0.3, -0.25) is 14.4 Å². The molecule has 5 aromatic rings. The lowest BCUT2D eigenvalue weighted by molar-refractivity contribution is -0.131. The number of aromatic nitrogens is 2. The molecule has 4 heterocycles. The number of halogens is 1. The molecular weight excluding hydrogens is 648 g/mol. The van der Waals surface area contributed by atoms with Crippen LogP contribution in [-0.2, 0) is 23.1 Å². The maximum absolute atomic E-state index is 14.9. The molecule has 2 aliphatic rings. The number of carbonyl (C=O) groups excluding carboxylic acids is 3. The Bertz CT molecular complexity index is 2060. The molecule has 2 aliphatic heterocycles. The van der Waals surface area contributed by atoms with Crippen molar-refractivity contribution in [2.75, 3.05) is 45.2 Å². The first-order chi connectivity index (χ1) is 24.1. The topological polar surface area (TPSA) is 93.7 Å². The minimum absolute atomic E-state index is 0.0280. The van der Waals surface area contributed by atoms with Crippen LogP contribution in [0.25, 0.3) is 21.8 Å². The number of piperidine rings is 1. The number of anilines is 1. The predicted molar refractivity (Wildman–Crippen MR) is 200 cm³/mol. The molecule has 0 spiro atoms. The number of H-pyrrole nitrogens is 1. The molecule has 1 fully saturated rings. The lowest BCUT2D eigenvalue weighted by Crippen LogP contribution is -2.55. The average Bonchev–Trinajstić information content (AvgIpc) is 3.70. The highest BCUT2D eigenvalue weighted by atomic mass is 35.5. The second kappa shape index (κ2) is 14.0. The molecule has 3 atom stereocenters. The largest absolute Gasteiger partial charge is 0.361 e. The van der Waals surface area contributed by atoms with Crippen LogP contribution in [0.4, 0.5) is 5.69 Å². The Morgan fingerprint density at radius 2 is 1.74 bits per heavy atom. The second-order valence-electron chi connectivity index (χ2n) is 14.3. The van der Waals surface area contributed by atoms with Crippen LogP contribution in [0.5, 0.6) is 0 Å². The lowest BCUT2D eigenvalue weighted by atomic mass is 9.87. The summed E-state index contributed by atoms with van der Waals surface area (Å²) in [6.45, 7) is 4.34. The Balaban J connectivity index is 1.13. The number of aryl methyl sites for hydroxylation is 1. The highest BCUT2D eigenvalue weighted by molar-refractivity contribution is 6.30. The number of rotatable bonds is 8. The molecule has 0 bridgehead atoms. The molecule has 3 aromatic carbocycles. The highest BCUT2D eigenvalue weighted by Gasteiger charge is 2.39. The summed E-state index contributed by atoms with van der Waals surface area (Å²) in [5.74, 6) is -0.730. The number of nitrogens with zero attached hydrogens (tertiary/aromatic N) is 4. The Kier molecular flexibility index (Phi) is 9.46. The first kappa shape index (κ1) is 33.9. The van der Waals surface area contributed by atoms with E-state index in [1.54, 1.807) is 0 Å². The number of amides is 3. The fraction of sp³-hybridized carbons (Fsp3) is 0.375. The number of likely N-dealkylation sites (tertiary alicyclic amines) is 1. The molecule has 2 aromatic heterocycles. The van der Waals surface area contributed by atoms with Crippen molar-refractivity contribution in [1.29, 1.82) is 0 Å². The van der Waals surface area contributed by atoms with Gasteiger partial charge in [-0.25, -0.2) is 0 Å². The number of hydrogen-bond acceptors (Lipinski definition) is 4. The lowest BCUT2D eigenvalue weighted by Gasteiger charge is -2.39. The molecule has 0 aliphatic carbocycles. The van der Waals surface area contributed by atoms with Crippen molar-refractivity contribution in [3.63, 3.8) is 0 Å². The number of aromatic amines is 1. The Hall–Kier alpha value is -4.60. The molecular formula is C40H45ClN6O3. The van der Waals surface area contributed by atoms with Crippen molar-refractivity contribution in [3.05, 3.63) is 101 Å². The molecule has 50 heavy (non-hydrogen) atoms. The first-order valence-corrected chi connectivity index (χ1v) is 17.9. The van der Waals surface area contributed by atoms with Crippen LogP contribution in [0, 0.1) is 11.8 Å². The van der Waals surface area contributed by atoms with Crippen molar-refractivity contribution >= 4 is 56.8 Å². The Morgan fingerprint density at radius 3 is 2.50 bits per heavy atom. The van der Waals surface area contributed by atoms with Gasteiger partial charge in [0.1, 0.15) is 11.7 Å². The van der Waals surface area contributed by atoms with Crippen LogP contribution in [0.15, 0.2) is 79.0 Å². The predicted octanol–water partition coefficient (Wildman–Crippen LogP) is 6.22. The van der Waals surface area contributed by atoms with Crippen LogP contribution in [0.1, 0.15) is 47.3 Å². The number of carbonyl (C=O) groups is 3. The van der Waals surface area contributed by atoms with Gasteiger partial charge in [0, 0.05) is 83.8 Å². The van der Waals surface area contributed by atoms with E-state index in [0.29, 0.717) is 43.2 Å². The molecule has 10 heteroatoms. The number of para-hydroxylation sites is 2. The zero-order valence-corrected chi connectivity index (χ0v) is 29.9. The number of nitrogens with one attached hydrogen (secondary N) is 2. The van der Waals surface area contributed by atoms with Gasteiger partial charge in [0.05, 0.1) is 0 Å². The minimum atomic E-state index is -0.807. The standard InChI is InChI=1S/C40H45ClN6O3/c1-25(32-22-42-33-11-7-6-10-31(32)33)37(40(50)47-24-26(23-44(2)3)19-29-20-30(41)13-14-35(29)47)43-38(48)27-15-17-46(18-16-27)39(49)36-21-28-9-5-8-12-34(28)45(36)4/h5-14,20-22,25-27,37,42H,15-19,23-24H2,1-4H3,(H,43,48)/t25?,26-,37?/m0/s1. The van der Waals surface area contributed by atoms with Gasteiger partial charge >= 0.3 is 0 Å². The Morgan fingerprint density at radius 1 is 1.00 bits per heavy atom. The summed E-state index contributed by atoms with van der Waals surface area (Å²) in [4.78, 5) is 51.8. The van der Waals surface area contributed by atoms with Crippen LogP contribution < -0.4 is 10.2 Å². The zero-order chi connectivity index (χ0) is 35.1. The number of hydrogen-bond donors (Lipinski definition) is 2. The third-order valence-electron chi connectivity index (χ3n) is 10.7. The molecule has 260 valence electrons. The second-order valence-corrected chi connectivity index (χ2v) is 14.8. The number of fused-ring (bicyclic) bond motifs is 3. The molecule has 0 radical (unpaired) electrons. The first-order valence-electron chi connectivity index (χ1n) is 17.5. The van der Waals surface area contributed by atoms with Crippen LogP contribution in [-0.4, -0.2) is 83.4 Å². The highest BCUT2D eigenvalue weighted by Crippen LogP contribution is 2.35. The van der Waals surface area contributed by atoms with E-state index in [4.69, 9.17) is 11.6 Å². The van der Waals surface area contributed by atoms with Crippen LogP contribution >= 0.6 is 11.6 Å². The zero-order valence-electron chi connectivity index (χ0n) is 29.2. The van der Waals surface area contributed by atoms with E-state index in [9.17, 15) is 14.4 Å². The van der Waals surface area contributed by atoms with Gasteiger partial charge in [0.2, 0.25) is 11.8 Å². The van der Waals surface area contributed by atoms with Gasteiger partial charge < -0.3 is 29.6 Å². The van der Waals surface area contributed by atoms with E-state index in [1.165, 1.54) is 0 Å². The maximum Gasteiger partial charge on any atom is 0.270 e. The summed E-state index contributed by atoms with van der Waals surface area (Å²) < 4.78 is 1.94. The van der Waals surface area contributed by atoms with Crippen molar-refractivity contribution in [3.8, 4) is 0 Å².